The van der Waals surface area contributed by atoms with E-state index in [1.54, 1.807) is 17.0 Å². The fourth-order valence-corrected chi connectivity index (χ4v) is 5.01. The quantitative estimate of drug-likeness (QED) is 0.587. The molecule has 0 spiro atoms. The van der Waals surface area contributed by atoms with Crippen LogP contribution in [0.1, 0.15) is 5.56 Å². The van der Waals surface area contributed by atoms with E-state index in [0.717, 1.165) is 11.3 Å². The van der Waals surface area contributed by atoms with Crippen LogP contribution in [0.4, 0.5) is 0 Å². The second-order valence-electron chi connectivity index (χ2n) is 6.84. The van der Waals surface area contributed by atoms with Crippen LogP contribution in [0.15, 0.2) is 59.8 Å². The molecule has 1 saturated heterocycles. The van der Waals surface area contributed by atoms with Crippen molar-refractivity contribution in [1.82, 2.24) is 29.4 Å². The number of nitrogens with zero attached hydrogens (tertiary/aromatic N) is 6. The van der Waals surface area contributed by atoms with E-state index in [9.17, 15) is 13.2 Å². The first-order valence-corrected chi connectivity index (χ1v) is 11.1. The van der Waals surface area contributed by atoms with E-state index < -0.39 is 10.0 Å². The third-order valence-electron chi connectivity index (χ3n) is 4.93. The molecule has 0 unspecified atom stereocenters. The molecule has 11 heteroatoms. The van der Waals surface area contributed by atoms with Crippen molar-refractivity contribution in [3.8, 4) is 5.69 Å². The Morgan fingerprint density at radius 3 is 2.40 bits per heavy atom. The van der Waals surface area contributed by atoms with Gasteiger partial charge in [-0.2, -0.15) is 4.31 Å². The predicted octanol–water partition coefficient (Wildman–Crippen LogP) is 1.39. The van der Waals surface area contributed by atoms with Gasteiger partial charge in [-0.3, -0.25) is 4.79 Å². The van der Waals surface area contributed by atoms with Crippen molar-refractivity contribution in [3.63, 3.8) is 0 Å². The van der Waals surface area contributed by atoms with Gasteiger partial charge < -0.3 is 4.90 Å². The molecular weight excluding hydrogens is 428 g/mol. The molecule has 0 radical (unpaired) electrons. The fraction of sp³-hybridized carbons (Fsp3) is 0.263. The van der Waals surface area contributed by atoms with Gasteiger partial charge in [0.05, 0.1) is 17.0 Å². The summed E-state index contributed by atoms with van der Waals surface area (Å²) in [6.07, 6.45) is 1.74. The number of tetrazole rings is 1. The number of halogens is 1. The molecule has 9 nitrogen and oxygen atoms in total. The number of carbonyl (C=O) groups is 1. The van der Waals surface area contributed by atoms with Crippen LogP contribution in [0, 0.1) is 0 Å². The van der Waals surface area contributed by atoms with Crippen molar-refractivity contribution in [3.05, 3.63) is 65.4 Å². The van der Waals surface area contributed by atoms with Gasteiger partial charge >= 0.3 is 0 Å². The molecule has 4 rings (SSSR count). The smallest absolute Gasteiger partial charge is 0.243 e. The molecule has 3 aromatic rings. The van der Waals surface area contributed by atoms with E-state index >= 15 is 0 Å². The number of aromatic nitrogens is 4. The Labute approximate surface area is 178 Å². The molecule has 0 saturated carbocycles. The van der Waals surface area contributed by atoms with Crippen LogP contribution in [-0.4, -0.2) is 69.9 Å². The largest absolute Gasteiger partial charge is 0.340 e. The summed E-state index contributed by atoms with van der Waals surface area (Å²) >= 11 is 5.92. The van der Waals surface area contributed by atoms with Gasteiger partial charge in [-0.15, -0.1) is 5.10 Å². The molecule has 2 aromatic carbocycles. The zero-order chi connectivity index (χ0) is 21.1. The standard InChI is InChI=1S/C19H19ClN6O3S/c20-16-2-1-3-18(13-16)30(28,29)25-10-8-24(9-11-25)19(27)12-15-4-6-17(7-5-15)26-14-21-22-23-26/h1-7,13-14H,8-12H2. The summed E-state index contributed by atoms with van der Waals surface area (Å²) in [5, 5.41) is 11.4. The number of amides is 1. The van der Waals surface area contributed by atoms with Crippen LogP contribution in [0.25, 0.3) is 5.69 Å². The van der Waals surface area contributed by atoms with Gasteiger partial charge in [-0.25, -0.2) is 13.1 Å². The highest BCUT2D eigenvalue weighted by atomic mass is 35.5. The molecule has 0 bridgehead atoms. The highest BCUT2D eigenvalue weighted by Gasteiger charge is 2.30. The first kappa shape index (κ1) is 20.5. The highest BCUT2D eigenvalue weighted by Crippen LogP contribution is 2.21. The summed E-state index contributed by atoms with van der Waals surface area (Å²) < 4.78 is 28.5. The van der Waals surface area contributed by atoms with Gasteiger partial charge in [0.15, 0.2) is 0 Å². The zero-order valence-corrected chi connectivity index (χ0v) is 17.5. The monoisotopic (exact) mass is 446 g/mol. The second kappa shape index (κ2) is 8.50. The van der Waals surface area contributed by atoms with Crippen molar-refractivity contribution >= 4 is 27.5 Å². The molecule has 0 atom stereocenters. The number of piperazine rings is 1. The van der Waals surface area contributed by atoms with Gasteiger partial charge in [-0.1, -0.05) is 29.8 Å². The molecule has 1 amide bonds. The maximum atomic E-state index is 12.8. The minimum atomic E-state index is -3.63. The first-order valence-electron chi connectivity index (χ1n) is 9.29. The lowest BCUT2D eigenvalue weighted by Gasteiger charge is -2.34. The van der Waals surface area contributed by atoms with Crippen LogP contribution >= 0.6 is 11.6 Å². The summed E-state index contributed by atoms with van der Waals surface area (Å²) in [4.78, 5) is 14.5. The Bertz CT molecular complexity index is 1130. The lowest BCUT2D eigenvalue weighted by atomic mass is 10.1. The average Bonchev–Trinajstić information content (AvgIpc) is 3.29. The van der Waals surface area contributed by atoms with Crippen LogP contribution in [-0.2, 0) is 21.2 Å². The van der Waals surface area contributed by atoms with Gasteiger partial charge in [0.2, 0.25) is 15.9 Å². The van der Waals surface area contributed by atoms with E-state index in [1.807, 2.05) is 24.3 Å². The normalized spacial score (nSPS) is 15.3. The Kier molecular flexibility index (Phi) is 5.80. The SMILES string of the molecule is O=C(Cc1ccc(-n2cnnn2)cc1)N1CCN(S(=O)(=O)c2cccc(Cl)c2)CC1. The van der Waals surface area contributed by atoms with Crippen molar-refractivity contribution in [2.24, 2.45) is 0 Å². The summed E-state index contributed by atoms with van der Waals surface area (Å²) in [6.45, 7) is 1.19. The van der Waals surface area contributed by atoms with E-state index in [1.165, 1.54) is 27.4 Å². The number of sulfonamides is 1. The molecule has 1 aromatic heterocycles. The van der Waals surface area contributed by atoms with E-state index in [2.05, 4.69) is 15.5 Å². The van der Waals surface area contributed by atoms with Crippen molar-refractivity contribution in [2.75, 3.05) is 26.2 Å². The molecule has 156 valence electrons. The van der Waals surface area contributed by atoms with Crippen molar-refractivity contribution < 1.29 is 13.2 Å². The molecule has 1 aliphatic heterocycles. The van der Waals surface area contributed by atoms with Crippen LogP contribution in [0.2, 0.25) is 5.02 Å². The minimum absolute atomic E-state index is 0.0371. The van der Waals surface area contributed by atoms with Gasteiger partial charge in [0.25, 0.3) is 0 Å². The van der Waals surface area contributed by atoms with Gasteiger partial charge in [-0.05, 0) is 46.3 Å². The third-order valence-corrected chi connectivity index (χ3v) is 7.06. The Balaban J connectivity index is 1.35. The summed E-state index contributed by atoms with van der Waals surface area (Å²) in [7, 11) is -3.63. The fourth-order valence-electron chi connectivity index (χ4n) is 3.29. The summed E-state index contributed by atoms with van der Waals surface area (Å²) in [6, 6.07) is 13.6. The number of rotatable bonds is 5. The van der Waals surface area contributed by atoms with Crippen molar-refractivity contribution in [2.45, 2.75) is 11.3 Å². The Morgan fingerprint density at radius 1 is 1.03 bits per heavy atom. The molecule has 2 heterocycles. The molecule has 0 aliphatic carbocycles. The van der Waals surface area contributed by atoms with Crippen LogP contribution in [0.5, 0.6) is 0 Å². The van der Waals surface area contributed by atoms with E-state index in [-0.39, 0.29) is 30.3 Å². The minimum Gasteiger partial charge on any atom is -0.340 e. The summed E-state index contributed by atoms with van der Waals surface area (Å²) in [5.74, 6) is -0.0371. The maximum absolute atomic E-state index is 12.8. The number of hydrogen-bond acceptors (Lipinski definition) is 6. The lowest BCUT2D eigenvalue weighted by molar-refractivity contribution is -0.131. The number of benzene rings is 2. The number of carbonyl (C=O) groups excluding carboxylic acids is 1. The summed E-state index contributed by atoms with van der Waals surface area (Å²) in [5.41, 5.74) is 1.67. The van der Waals surface area contributed by atoms with E-state index in [0.29, 0.717) is 18.1 Å². The highest BCUT2D eigenvalue weighted by molar-refractivity contribution is 7.89. The molecule has 1 aliphatic rings. The third kappa shape index (κ3) is 4.35. The predicted molar refractivity (Wildman–Crippen MR) is 110 cm³/mol. The van der Waals surface area contributed by atoms with E-state index in [4.69, 9.17) is 11.6 Å². The van der Waals surface area contributed by atoms with Gasteiger partial charge in [0.1, 0.15) is 6.33 Å². The molecule has 1 fully saturated rings. The maximum Gasteiger partial charge on any atom is 0.243 e. The average molecular weight is 447 g/mol. The Morgan fingerprint density at radius 2 is 1.77 bits per heavy atom. The topological polar surface area (TPSA) is 101 Å². The number of hydrogen-bond donors (Lipinski definition) is 0. The van der Waals surface area contributed by atoms with Crippen molar-refractivity contribution in [1.29, 1.82) is 0 Å². The van der Waals surface area contributed by atoms with Gasteiger partial charge in [0, 0.05) is 31.2 Å². The lowest BCUT2D eigenvalue weighted by Crippen LogP contribution is -2.50. The van der Waals surface area contributed by atoms with Crippen LogP contribution in [0.3, 0.4) is 0 Å². The molecular formula is C19H19ClN6O3S. The molecule has 0 N–H and O–H groups in total. The Hall–Kier alpha value is -2.82. The zero-order valence-electron chi connectivity index (χ0n) is 15.9. The molecule has 30 heavy (non-hydrogen) atoms. The first-order chi connectivity index (χ1) is 14.4. The van der Waals surface area contributed by atoms with Crippen LogP contribution < -0.4 is 0 Å². The second-order valence-corrected chi connectivity index (χ2v) is 9.21.